The molecular weight excluding hydrogens is 416 g/mol. The van der Waals surface area contributed by atoms with Crippen molar-refractivity contribution in [3.05, 3.63) is 65.7 Å². The molecule has 0 saturated heterocycles. The van der Waals surface area contributed by atoms with E-state index in [0.717, 1.165) is 36.9 Å². The van der Waals surface area contributed by atoms with Gasteiger partial charge in [0.15, 0.2) is 12.4 Å². The third-order valence-electron chi connectivity index (χ3n) is 6.32. The largest absolute Gasteiger partial charge is 0.456 e. The van der Waals surface area contributed by atoms with Crippen molar-refractivity contribution in [2.45, 2.75) is 45.1 Å². The molecule has 33 heavy (non-hydrogen) atoms. The molecule has 1 aliphatic rings. The second-order valence-electron chi connectivity index (χ2n) is 9.18. The van der Waals surface area contributed by atoms with Gasteiger partial charge in [-0.1, -0.05) is 37.3 Å². The number of Topliss-reactive ketones (excluding diaryl/α,β-unsaturated/α-hetero) is 1. The number of amides is 1. The van der Waals surface area contributed by atoms with E-state index in [-0.39, 0.29) is 24.2 Å². The molecular formula is C27H34N2O4. The zero-order valence-corrected chi connectivity index (χ0v) is 19.8. The van der Waals surface area contributed by atoms with Crippen LogP contribution in [0, 0.1) is 11.8 Å². The van der Waals surface area contributed by atoms with Crippen molar-refractivity contribution in [2.24, 2.45) is 11.8 Å². The Labute approximate surface area is 196 Å². The molecule has 1 saturated carbocycles. The van der Waals surface area contributed by atoms with E-state index in [1.807, 2.05) is 61.5 Å². The molecule has 1 aliphatic carbocycles. The first-order valence-electron chi connectivity index (χ1n) is 11.6. The number of esters is 1. The van der Waals surface area contributed by atoms with Crippen LogP contribution in [0.5, 0.6) is 0 Å². The van der Waals surface area contributed by atoms with Crippen molar-refractivity contribution in [1.82, 2.24) is 5.32 Å². The highest BCUT2D eigenvalue weighted by Gasteiger charge is 2.29. The Morgan fingerprint density at radius 3 is 2.21 bits per heavy atom. The van der Waals surface area contributed by atoms with Crippen LogP contribution < -0.4 is 10.2 Å². The SMILES string of the molecule is CC1CCC(C(=O)NC(Cc2ccccc2)C(=O)OCC(=O)c2ccc(N(C)C)cc2)CC1. The minimum atomic E-state index is -0.830. The first kappa shape index (κ1) is 24.5. The van der Waals surface area contributed by atoms with Crippen LogP contribution in [0.25, 0.3) is 0 Å². The van der Waals surface area contributed by atoms with Crippen molar-refractivity contribution in [3.63, 3.8) is 0 Å². The second kappa shape index (κ2) is 11.6. The summed E-state index contributed by atoms with van der Waals surface area (Å²) in [6.45, 7) is 1.84. The van der Waals surface area contributed by atoms with Crippen LogP contribution in [0.1, 0.15) is 48.5 Å². The number of anilines is 1. The van der Waals surface area contributed by atoms with Crippen molar-refractivity contribution in [1.29, 1.82) is 0 Å². The maximum atomic E-state index is 12.9. The number of rotatable bonds is 9. The fourth-order valence-corrected chi connectivity index (χ4v) is 4.12. The number of ketones is 1. The molecule has 176 valence electrons. The zero-order chi connectivity index (χ0) is 23.8. The van der Waals surface area contributed by atoms with E-state index in [2.05, 4.69) is 12.2 Å². The summed E-state index contributed by atoms with van der Waals surface area (Å²) in [6, 6.07) is 15.8. The van der Waals surface area contributed by atoms with E-state index in [9.17, 15) is 14.4 Å². The fourth-order valence-electron chi connectivity index (χ4n) is 4.12. The maximum Gasteiger partial charge on any atom is 0.329 e. The van der Waals surface area contributed by atoms with Crippen LogP contribution >= 0.6 is 0 Å². The van der Waals surface area contributed by atoms with Gasteiger partial charge in [-0.05, 0) is 61.4 Å². The summed E-state index contributed by atoms with van der Waals surface area (Å²) in [5, 5.41) is 2.90. The minimum Gasteiger partial charge on any atom is -0.456 e. The molecule has 3 rings (SSSR count). The lowest BCUT2D eigenvalue weighted by molar-refractivity contribution is -0.147. The molecule has 6 heteroatoms. The molecule has 0 aliphatic heterocycles. The highest BCUT2D eigenvalue weighted by atomic mass is 16.5. The first-order valence-corrected chi connectivity index (χ1v) is 11.6. The molecule has 1 unspecified atom stereocenters. The third kappa shape index (κ3) is 7.17. The summed E-state index contributed by atoms with van der Waals surface area (Å²) in [6.07, 6.45) is 4.03. The molecule has 1 amide bonds. The van der Waals surface area contributed by atoms with E-state index >= 15 is 0 Å². The molecule has 2 aromatic carbocycles. The van der Waals surface area contributed by atoms with Gasteiger partial charge in [-0.25, -0.2) is 4.79 Å². The standard InChI is InChI=1S/C27H34N2O4/c1-19-9-11-22(12-10-19)26(31)28-24(17-20-7-5-4-6-8-20)27(32)33-18-25(30)21-13-15-23(16-14-21)29(2)3/h4-8,13-16,19,22,24H,9-12,17-18H2,1-3H3,(H,28,31). The van der Waals surface area contributed by atoms with E-state index < -0.39 is 12.0 Å². The number of nitrogens with one attached hydrogen (secondary N) is 1. The van der Waals surface area contributed by atoms with Crippen LogP contribution in [0.4, 0.5) is 5.69 Å². The van der Waals surface area contributed by atoms with Crippen molar-refractivity contribution in [2.75, 3.05) is 25.6 Å². The van der Waals surface area contributed by atoms with Gasteiger partial charge in [0.2, 0.25) is 5.91 Å². The van der Waals surface area contributed by atoms with Crippen LogP contribution in [0.2, 0.25) is 0 Å². The Hall–Kier alpha value is -3.15. The van der Waals surface area contributed by atoms with Gasteiger partial charge in [0.1, 0.15) is 6.04 Å². The number of nitrogens with zero attached hydrogens (tertiary/aromatic N) is 1. The van der Waals surface area contributed by atoms with Gasteiger partial charge in [-0.3, -0.25) is 9.59 Å². The Bertz CT molecular complexity index is 932. The monoisotopic (exact) mass is 450 g/mol. The van der Waals surface area contributed by atoms with E-state index in [0.29, 0.717) is 17.9 Å². The summed E-state index contributed by atoms with van der Waals surface area (Å²) in [7, 11) is 3.85. The van der Waals surface area contributed by atoms with Gasteiger partial charge in [0.05, 0.1) is 0 Å². The van der Waals surface area contributed by atoms with Gasteiger partial charge in [-0.15, -0.1) is 0 Å². The highest BCUT2D eigenvalue weighted by Crippen LogP contribution is 2.28. The lowest BCUT2D eigenvalue weighted by atomic mass is 9.82. The highest BCUT2D eigenvalue weighted by molar-refractivity contribution is 5.98. The average molecular weight is 451 g/mol. The number of ether oxygens (including phenoxy) is 1. The normalized spacial score (nSPS) is 18.8. The van der Waals surface area contributed by atoms with Gasteiger partial charge >= 0.3 is 5.97 Å². The maximum absolute atomic E-state index is 12.9. The lowest BCUT2D eigenvalue weighted by Gasteiger charge is -2.27. The summed E-state index contributed by atoms with van der Waals surface area (Å²) >= 11 is 0. The van der Waals surface area contributed by atoms with Crippen LogP contribution in [-0.4, -0.2) is 44.4 Å². The molecule has 1 N–H and O–H groups in total. The predicted molar refractivity (Wildman–Crippen MR) is 129 cm³/mol. The molecule has 1 fully saturated rings. The number of carbonyl (C=O) groups excluding carboxylic acids is 3. The summed E-state index contributed by atoms with van der Waals surface area (Å²) < 4.78 is 5.36. The topological polar surface area (TPSA) is 75.7 Å². The molecule has 0 spiro atoms. The summed E-state index contributed by atoms with van der Waals surface area (Å²) in [4.78, 5) is 40.2. The third-order valence-corrected chi connectivity index (χ3v) is 6.32. The molecule has 0 heterocycles. The first-order chi connectivity index (χ1) is 15.8. The number of hydrogen-bond acceptors (Lipinski definition) is 5. The molecule has 6 nitrogen and oxygen atoms in total. The van der Waals surface area contributed by atoms with Gasteiger partial charge in [0.25, 0.3) is 0 Å². The van der Waals surface area contributed by atoms with Crippen LogP contribution in [-0.2, 0) is 20.7 Å². The Balaban J connectivity index is 1.62. The van der Waals surface area contributed by atoms with Crippen LogP contribution in [0.15, 0.2) is 54.6 Å². The van der Waals surface area contributed by atoms with Crippen LogP contribution in [0.3, 0.4) is 0 Å². The van der Waals surface area contributed by atoms with E-state index in [1.54, 1.807) is 12.1 Å². The predicted octanol–water partition coefficient (Wildman–Crippen LogP) is 4.03. The fraction of sp³-hybridized carbons (Fsp3) is 0.444. The molecule has 2 aromatic rings. The van der Waals surface area contributed by atoms with Gasteiger partial charge in [-0.2, -0.15) is 0 Å². The molecule has 0 radical (unpaired) electrons. The van der Waals surface area contributed by atoms with Gasteiger partial charge in [0, 0.05) is 37.7 Å². The molecule has 0 bridgehead atoms. The molecule has 1 atom stereocenters. The quantitative estimate of drug-likeness (QED) is 0.461. The van der Waals surface area contributed by atoms with Crippen molar-refractivity contribution >= 4 is 23.3 Å². The molecule has 0 aromatic heterocycles. The minimum absolute atomic E-state index is 0.0795. The Morgan fingerprint density at radius 1 is 0.970 bits per heavy atom. The van der Waals surface area contributed by atoms with Crippen molar-refractivity contribution in [3.8, 4) is 0 Å². The Kier molecular flexibility index (Phi) is 8.64. The number of benzene rings is 2. The lowest BCUT2D eigenvalue weighted by Crippen LogP contribution is -2.46. The zero-order valence-electron chi connectivity index (χ0n) is 19.8. The van der Waals surface area contributed by atoms with E-state index in [4.69, 9.17) is 4.74 Å². The average Bonchev–Trinajstić information content (AvgIpc) is 2.83. The van der Waals surface area contributed by atoms with Crippen molar-refractivity contribution < 1.29 is 19.1 Å². The van der Waals surface area contributed by atoms with E-state index in [1.165, 1.54) is 0 Å². The number of carbonyl (C=O) groups is 3. The van der Waals surface area contributed by atoms with Gasteiger partial charge < -0.3 is 15.0 Å². The summed E-state index contributed by atoms with van der Waals surface area (Å²) in [5.41, 5.74) is 2.38. The second-order valence-corrected chi connectivity index (χ2v) is 9.18. The Morgan fingerprint density at radius 2 is 1.61 bits per heavy atom. The smallest absolute Gasteiger partial charge is 0.329 e. The summed E-state index contributed by atoms with van der Waals surface area (Å²) in [5.74, 6) is -0.416. The number of hydrogen-bond donors (Lipinski definition) is 1.